The Morgan fingerprint density at radius 2 is 2.30 bits per heavy atom. The zero-order chi connectivity index (χ0) is 7.56. The van der Waals surface area contributed by atoms with Crippen LogP contribution in [0.3, 0.4) is 0 Å². The Labute approximate surface area is 83.3 Å². The SMILES string of the molecule is ClC1=CCC[C@H](C(Br)Br)C1. The molecule has 0 bridgehead atoms. The molecule has 0 heterocycles. The van der Waals surface area contributed by atoms with E-state index in [0.717, 1.165) is 17.9 Å². The molecule has 0 amide bonds. The Hall–Kier alpha value is 0.990. The van der Waals surface area contributed by atoms with Gasteiger partial charge < -0.3 is 0 Å². The van der Waals surface area contributed by atoms with Crippen molar-refractivity contribution in [2.75, 3.05) is 0 Å². The number of hydrogen-bond donors (Lipinski definition) is 0. The van der Waals surface area contributed by atoms with Crippen LogP contribution in [0.15, 0.2) is 11.1 Å². The zero-order valence-corrected chi connectivity index (χ0v) is 9.42. The fourth-order valence-electron chi connectivity index (χ4n) is 1.10. The number of hydrogen-bond acceptors (Lipinski definition) is 0. The van der Waals surface area contributed by atoms with E-state index in [-0.39, 0.29) is 0 Å². The molecule has 1 rings (SSSR count). The molecule has 0 unspecified atom stereocenters. The third kappa shape index (κ3) is 2.55. The minimum atomic E-state index is 0.419. The van der Waals surface area contributed by atoms with Gasteiger partial charge >= 0.3 is 0 Å². The Kier molecular flexibility index (Phi) is 3.75. The molecule has 1 aliphatic rings. The van der Waals surface area contributed by atoms with Crippen LogP contribution in [0.2, 0.25) is 0 Å². The lowest BCUT2D eigenvalue weighted by Gasteiger charge is -2.20. The van der Waals surface area contributed by atoms with Crippen LogP contribution in [0.25, 0.3) is 0 Å². The average Bonchev–Trinajstić information content (AvgIpc) is 1.88. The first kappa shape index (κ1) is 9.08. The van der Waals surface area contributed by atoms with Gasteiger partial charge in [0.1, 0.15) is 0 Å². The largest absolute Gasteiger partial charge is 0.0895 e. The summed E-state index contributed by atoms with van der Waals surface area (Å²) in [6, 6.07) is 0. The Bertz CT molecular complexity index is 143. The highest BCUT2D eigenvalue weighted by Gasteiger charge is 2.19. The van der Waals surface area contributed by atoms with Crippen molar-refractivity contribution in [1.82, 2.24) is 0 Å². The molecule has 0 fully saturated rings. The molecule has 3 heteroatoms. The lowest BCUT2D eigenvalue weighted by atomic mass is 9.96. The van der Waals surface area contributed by atoms with E-state index < -0.39 is 0 Å². The normalized spacial score (nSPS) is 26.8. The van der Waals surface area contributed by atoms with Gasteiger partial charge in [-0.05, 0) is 25.2 Å². The molecule has 0 aromatic rings. The lowest BCUT2D eigenvalue weighted by Crippen LogP contribution is -2.11. The average molecular weight is 288 g/mol. The summed E-state index contributed by atoms with van der Waals surface area (Å²) in [7, 11) is 0. The highest BCUT2D eigenvalue weighted by atomic mass is 79.9. The van der Waals surface area contributed by atoms with E-state index >= 15 is 0 Å². The topological polar surface area (TPSA) is 0 Å². The molecule has 1 aliphatic carbocycles. The van der Waals surface area contributed by atoms with Crippen LogP contribution in [0, 0.1) is 5.92 Å². The highest BCUT2D eigenvalue weighted by molar-refractivity contribution is 9.24. The first-order valence-electron chi connectivity index (χ1n) is 3.33. The number of halogens is 3. The van der Waals surface area contributed by atoms with E-state index in [0.29, 0.717) is 9.65 Å². The maximum Gasteiger partial charge on any atom is 0.0729 e. The summed E-state index contributed by atoms with van der Waals surface area (Å²) in [6.07, 6.45) is 5.48. The quantitative estimate of drug-likeness (QED) is 0.639. The summed E-state index contributed by atoms with van der Waals surface area (Å²) >= 11 is 12.9. The van der Waals surface area contributed by atoms with Crippen LogP contribution in [0.5, 0.6) is 0 Å². The van der Waals surface area contributed by atoms with E-state index in [4.69, 9.17) is 11.6 Å². The van der Waals surface area contributed by atoms with Gasteiger partial charge in [0.15, 0.2) is 0 Å². The van der Waals surface area contributed by atoms with Gasteiger partial charge in [-0.15, -0.1) is 0 Å². The summed E-state index contributed by atoms with van der Waals surface area (Å²) in [5, 5.41) is 1.01. The summed E-state index contributed by atoms with van der Waals surface area (Å²) in [4.78, 5) is 0. The van der Waals surface area contributed by atoms with Crippen molar-refractivity contribution in [3.05, 3.63) is 11.1 Å². The van der Waals surface area contributed by atoms with Crippen LogP contribution in [-0.4, -0.2) is 3.74 Å². The van der Waals surface area contributed by atoms with Crippen LogP contribution in [0.1, 0.15) is 19.3 Å². The van der Waals surface area contributed by atoms with Gasteiger partial charge in [-0.25, -0.2) is 0 Å². The summed E-state index contributed by atoms with van der Waals surface area (Å²) in [6.45, 7) is 0. The van der Waals surface area contributed by atoms with Crippen molar-refractivity contribution in [2.24, 2.45) is 5.92 Å². The van der Waals surface area contributed by atoms with Gasteiger partial charge in [-0.2, -0.15) is 0 Å². The monoisotopic (exact) mass is 286 g/mol. The van der Waals surface area contributed by atoms with E-state index in [1.54, 1.807) is 0 Å². The molecule has 0 saturated heterocycles. The van der Waals surface area contributed by atoms with Gasteiger partial charge in [0.2, 0.25) is 0 Å². The van der Waals surface area contributed by atoms with Gasteiger partial charge in [-0.3, -0.25) is 0 Å². The molecule has 0 spiro atoms. The number of alkyl halides is 2. The first-order chi connectivity index (χ1) is 4.70. The molecular formula is C7H9Br2Cl. The second-order valence-corrected chi connectivity index (χ2v) is 6.21. The number of rotatable bonds is 1. The van der Waals surface area contributed by atoms with Gasteiger partial charge in [-0.1, -0.05) is 49.5 Å². The molecule has 0 nitrogen and oxygen atoms in total. The van der Waals surface area contributed by atoms with Crippen LogP contribution in [-0.2, 0) is 0 Å². The fraction of sp³-hybridized carbons (Fsp3) is 0.714. The molecule has 0 saturated carbocycles. The predicted molar refractivity (Wildman–Crippen MR) is 52.9 cm³/mol. The molecule has 0 aliphatic heterocycles. The van der Waals surface area contributed by atoms with Crippen molar-refractivity contribution in [2.45, 2.75) is 23.0 Å². The second-order valence-electron chi connectivity index (χ2n) is 2.53. The molecule has 10 heavy (non-hydrogen) atoms. The second kappa shape index (κ2) is 4.13. The van der Waals surface area contributed by atoms with Crippen molar-refractivity contribution >= 4 is 43.5 Å². The molecule has 58 valence electrons. The minimum Gasteiger partial charge on any atom is -0.0895 e. The Morgan fingerprint density at radius 1 is 1.60 bits per heavy atom. The van der Waals surface area contributed by atoms with E-state index in [2.05, 4.69) is 37.9 Å². The van der Waals surface area contributed by atoms with Gasteiger partial charge in [0.25, 0.3) is 0 Å². The zero-order valence-electron chi connectivity index (χ0n) is 5.49. The third-order valence-corrected chi connectivity index (χ3v) is 3.52. The van der Waals surface area contributed by atoms with Crippen LogP contribution >= 0.6 is 43.5 Å². The minimum absolute atomic E-state index is 0.419. The van der Waals surface area contributed by atoms with E-state index in [1.807, 2.05) is 0 Å². The Morgan fingerprint density at radius 3 is 2.70 bits per heavy atom. The maximum absolute atomic E-state index is 5.87. The maximum atomic E-state index is 5.87. The molecular weight excluding hydrogens is 279 g/mol. The predicted octanol–water partition coefficient (Wildman–Crippen LogP) is 4.03. The highest BCUT2D eigenvalue weighted by Crippen LogP contribution is 2.34. The molecule has 0 radical (unpaired) electrons. The van der Waals surface area contributed by atoms with E-state index in [9.17, 15) is 0 Å². The molecule has 1 atom stereocenters. The summed E-state index contributed by atoms with van der Waals surface area (Å²) in [5.74, 6) is 0.664. The third-order valence-electron chi connectivity index (χ3n) is 1.72. The molecule has 0 aromatic carbocycles. The number of allylic oxidation sites excluding steroid dienone is 2. The molecule has 0 aromatic heterocycles. The van der Waals surface area contributed by atoms with Crippen molar-refractivity contribution in [3.63, 3.8) is 0 Å². The lowest BCUT2D eigenvalue weighted by molar-refractivity contribution is 0.520. The van der Waals surface area contributed by atoms with Crippen molar-refractivity contribution in [3.8, 4) is 0 Å². The van der Waals surface area contributed by atoms with Gasteiger partial charge in [0, 0.05) is 5.03 Å². The van der Waals surface area contributed by atoms with Crippen LogP contribution in [0.4, 0.5) is 0 Å². The van der Waals surface area contributed by atoms with E-state index in [1.165, 1.54) is 6.42 Å². The van der Waals surface area contributed by atoms with Crippen LogP contribution < -0.4 is 0 Å². The summed E-state index contributed by atoms with van der Waals surface area (Å²) < 4.78 is 0.419. The van der Waals surface area contributed by atoms with Crippen molar-refractivity contribution < 1.29 is 0 Å². The standard InChI is InChI=1S/C7H9Br2Cl/c8-7(9)5-2-1-3-6(10)4-5/h3,5,7H,1-2,4H2/t5-/m0/s1. The summed E-state index contributed by atoms with van der Waals surface area (Å²) in [5.41, 5.74) is 0. The Balaban J connectivity index is 2.45. The molecule has 0 N–H and O–H groups in total. The van der Waals surface area contributed by atoms with Crippen molar-refractivity contribution in [1.29, 1.82) is 0 Å². The fourth-order valence-corrected chi connectivity index (χ4v) is 2.31. The smallest absolute Gasteiger partial charge is 0.0729 e. The van der Waals surface area contributed by atoms with Gasteiger partial charge in [0.05, 0.1) is 3.74 Å². The first-order valence-corrected chi connectivity index (χ1v) is 5.54.